The molecule has 1 unspecified atom stereocenters. The Morgan fingerprint density at radius 2 is 2.00 bits per heavy atom. The number of carbonyl (C=O) groups is 1. The van der Waals surface area contributed by atoms with Crippen molar-refractivity contribution in [2.24, 2.45) is 11.3 Å². The van der Waals surface area contributed by atoms with Crippen LogP contribution in [-0.2, 0) is 17.8 Å². The van der Waals surface area contributed by atoms with Gasteiger partial charge in [0.25, 0.3) is 0 Å². The molecule has 2 aliphatic heterocycles. The number of likely N-dealkylation sites (tertiary alicyclic amines) is 2. The van der Waals surface area contributed by atoms with Crippen LogP contribution in [0, 0.1) is 11.3 Å². The fraction of sp³-hybridized carbons (Fsp3) is 0.826. The summed E-state index contributed by atoms with van der Waals surface area (Å²) in [5.41, 5.74) is 0.367. The van der Waals surface area contributed by atoms with Crippen LogP contribution in [0.15, 0.2) is 12.4 Å². The number of rotatable bonds is 6. The van der Waals surface area contributed by atoms with Gasteiger partial charge in [-0.05, 0) is 44.6 Å². The van der Waals surface area contributed by atoms with Gasteiger partial charge in [-0.1, -0.05) is 26.2 Å². The Bertz CT molecular complexity index is 651. The van der Waals surface area contributed by atoms with Crippen LogP contribution in [-0.4, -0.2) is 58.0 Å². The summed E-state index contributed by atoms with van der Waals surface area (Å²) in [6, 6.07) is 0. The molecule has 4 rings (SSSR count). The minimum atomic E-state index is 0.331. The molecular formula is C23H38N4O. The van der Waals surface area contributed by atoms with Gasteiger partial charge in [0.2, 0.25) is 5.91 Å². The Morgan fingerprint density at radius 1 is 1.14 bits per heavy atom. The lowest BCUT2D eigenvalue weighted by Crippen LogP contribution is -2.47. The highest BCUT2D eigenvalue weighted by molar-refractivity contribution is 5.76. The quantitative estimate of drug-likeness (QED) is 0.748. The van der Waals surface area contributed by atoms with Gasteiger partial charge in [-0.25, -0.2) is 4.98 Å². The average Bonchev–Trinajstić information content (AvgIpc) is 3.34. The van der Waals surface area contributed by atoms with Gasteiger partial charge in [-0.2, -0.15) is 0 Å². The molecule has 1 aromatic heterocycles. The van der Waals surface area contributed by atoms with Crippen LogP contribution in [0.25, 0.3) is 0 Å². The Morgan fingerprint density at radius 3 is 2.82 bits per heavy atom. The van der Waals surface area contributed by atoms with E-state index < -0.39 is 0 Å². The van der Waals surface area contributed by atoms with Crippen LogP contribution < -0.4 is 0 Å². The van der Waals surface area contributed by atoms with E-state index in [0.29, 0.717) is 17.7 Å². The van der Waals surface area contributed by atoms with Crippen molar-refractivity contribution < 1.29 is 4.79 Å². The number of piperidine rings is 1. The lowest BCUT2D eigenvalue weighted by atomic mass is 9.78. The molecule has 3 aliphatic rings. The van der Waals surface area contributed by atoms with Crippen LogP contribution in [0.3, 0.4) is 0 Å². The van der Waals surface area contributed by atoms with E-state index in [9.17, 15) is 4.79 Å². The standard InChI is InChI=1S/C23H38N4O/c1-2-21-24-12-16-26(21)14-9-22(28)27-15-11-23(19-27)10-6-13-25(18-23)17-20-7-4-3-5-8-20/h12,16,20H,2-11,13-15,17-19H2,1H3. The van der Waals surface area contributed by atoms with Gasteiger partial charge >= 0.3 is 0 Å². The van der Waals surface area contributed by atoms with Crippen molar-refractivity contribution in [3.63, 3.8) is 0 Å². The van der Waals surface area contributed by atoms with Crippen LogP contribution in [0.2, 0.25) is 0 Å². The van der Waals surface area contributed by atoms with E-state index in [2.05, 4.69) is 26.3 Å². The van der Waals surface area contributed by atoms with Gasteiger partial charge in [-0.15, -0.1) is 0 Å². The van der Waals surface area contributed by atoms with Crippen molar-refractivity contribution in [1.29, 1.82) is 0 Å². The second-order valence-corrected chi connectivity index (χ2v) is 9.55. The fourth-order valence-electron chi connectivity index (χ4n) is 5.91. The summed E-state index contributed by atoms with van der Waals surface area (Å²) in [4.78, 5) is 22.1. The molecule has 5 nitrogen and oxygen atoms in total. The molecule has 3 heterocycles. The van der Waals surface area contributed by atoms with Gasteiger partial charge in [-0.3, -0.25) is 4.79 Å². The predicted molar refractivity (Wildman–Crippen MR) is 112 cm³/mol. The first-order valence-corrected chi connectivity index (χ1v) is 11.7. The second kappa shape index (κ2) is 8.98. The molecule has 2 saturated heterocycles. The average molecular weight is 387 g/mol. The summed E-state index contributed by atoms with van der Waals surface area (Å²) in [7, 11) is 0. The summed E-state index contributed by atoms with van der Waals surface area (Å²) in [6.45, 7) is 8.61. The van der Waals surface area contributed by atoms with Crippen molar-refractivity contribution in [3.8, 4) is 0 Å². The number of nitrogens with zero attached hydrogens (tertiary/aromatic N) is 4. The first-order valence-electron chi connectivity index (χ1n) is 11.7. The van der Waals surface area contributed by atoms with E-state index >= 15 is 0 Å². The molecule has 1 aromatic rings. The molecule has 3 fully saturated rings. The van der Waals surface area contributed by atoms with Crippen LogP contribution in [0.4, 0.5) is 0 Å². The number of hydrogen-bond acceptors (Lipinski definition) is 3. The molecule has 28 heavy (non-hydrogen) atoms. The number of imidazole rings is 1. The van der Waals surface area contributed by atoms with E-state index in [1.165, 1.54) is 71.0 Å². The molecule has 156 valence electrons. The lowest BCUT2D eigenvalue weighted by Gasteiger charge is -2.42. The molecule has 1 atom stereocenters. The highest BCUT2D eigenvalue weighted by Gasteiger charge is 2.42. The summed E-state index contributed by atoms with van der Waals surface area (Å²) < 4.78 is 2.14. The minimum absolute atomic E-state index is 0.331. The molecule has 1 spiro atoms. The zero-order valence-electron chi connectivity index (χ0n) is 17.7. The molecule has 5 heteroatoms. The summed E-state index contributed by atoms with van der Waals surface area (Å²) in [5.74, 6) is 2.33. The highest BCUT2D eigenvalue weighted by Crippen LogP contribution is 2.40. The zero-order chi connectivity index (χ0) is 19.4. The van der Waals surface area contributed by atoms with Crippen molar-refractivity contribution in [2.45, 2.75) is 77.7 Å². The number of carbonyl (C=O) groups excluding carboxylic acids is 1. The van der Waals surface area contributed by atoms with Crippen molar-refractivity contribution in [2.75, 3.05) is 32.7 Å². The second-order valence-electron chi connectivity index (χ2n) is 9.55. The maximum Gasteiger partial charge on any atom is 0.224 e. The molecule has 0 radical (unpaired) electrons. The Labute approximate surface area is 170 Å². The molecule has 0 bridgehead atoms. The van der Waals surface area contributed by atoms with E-state index in [4.69, 9.17) is 0 Å². The van der Waals surface area contributed by atoms with Gasteiger partial charge in [0.15, 0.2) is 0 Å². The van der Waals surface area contributed by atoms with Crippen molar-refractivity contribution in [1.82, 2.24) is 19.4 Å². The molecule has 0 N–H and O–H groups in total. The first kappa shape index (κ1) is 19.9. The van der Waals surface area contributed by atoms with Crippen LogP contribution >= 0.6 is 0 Å². The van der Waals surface area contributed by atoms with Gasteiger partial charge in [0.05, 0.1) is 0 Å². The third-order valence-corrected chi connectivity index (χ3v) is 7.46. The van der Waals surface area contributed by atoms with E-state index in [1.54, 1.807) is 0 Å². The third-order valence-electron chi connectivity index (χ3n) is 7.46. The number of aryl methyl sites for hydroxylation is 2. The fourth-order valence-corrected chi connectivity index (χ4v) is 5.91. The summed E-state index contributed by atoms with van der Waals surface area (Å²) in [6.07, 6.45) is 16.4. The number of hydrogen-bond donors (Lipinski definition) is 0. The molecular weight excluding hydrogens is 348 g/mol. The largest absolute Gasteiger partial charge is 0.342 e. The first-order chi connectivity index (χ1) is 13.7. The lowest BCUT2D eigenvalue weighted by molar-refractivity contribution is -0.131. The zero-order valence-corrected chi connectivity index (χ0v) is 17.7. The normalized spacial score (nSPS) is 27.0. The van der Waals surface area contributed by atoms with Crippen LogP contribution in [0.5, 0.6) is 0 Å². The molecule has 1 amide bonds. The Hall–Kier alpha value is -1.36. The van der Waals surface area contributed by atoms with Gasteiger partial charge in [0.1, 0.15) is 5.82 Å². The SMILES string of the molecule is CCc1nccn1CCC(=O)N1CCC2(CCCN(CC3CCCCC3)C2)C1. The summed E-state index contributed by atoms with van der Waals surface area (Å²) >= 11 is 0. The Balaban J connectivity index is 1.27. The van der Waals surface area contributed by atoms with Crippen molar-refractivity contribution >= 4 is 5.91 Å². The maximum absolute atomic E-state index is 12.8. The monoisotopic (exact) mass is 386 g/mol. The van der Waals surface area contributed by atoms with E-state index in [0.717, 1.165) is 37.8 Å². The third kappa shape index (κ3) is 4.61. The molecule has 1 saturated carbocycles. The number of amides is 1. The topological polar surface area (TPSA) is 41.4 Å². The van der Waals surface area contributed by atoms with Gasteiger partial charge < -0.3 is 14.4 Å². The maximum atomic E-state index is 12.8. The Kier molecular flexibility index (Phi) is 6.39. The van der Waals surface area contributed by atoms with Crippen LogP contribution in [0.1, 0.15) is 70.5 Å². The minimum Gasteiger partial charge on any atom is -0.342 e. The predicted octanol–water partition coefficient (Wildman–Crippen LogP) is 3.73. The van der Waals surface area contributed by atoms with Gasteiger partial charge in [0, 0.05) is 63.4 Å². The molecule has 1 aliphatic carbocycles. The summed E-state index contributed by atoms with van der Waals surface area (Å²) in [5, 5.41) is 0. The molecule has 0 aromatic carbocycles. The highest BCUT2D eigenvalue weighted by atomic mass is 16.2. The van der Waals surface area contributed by atoms with E-state index in [1.807, 2.05) is 12.4 Å². The number of aromatic nitrogens is 2. The van der Waals surface area contributed by atoms with E-state index in [-0.39, 0.29) is 0 Å². The van der Waals surface area contributed by atoms with Crippen molar-refractivity contribution in [3.05, 3.63) is 18.2 Å². The smallest absolute Gasteiger partial charge is 0.224 e.